The van der Waals surface area contributed by atoms with E-state index in [-0.39, 0.29) is 17.5 Å². The summed E-state index contributed by atoms with van der Waals surface area (Å²) in [7, 11) is -3.09. The lowest BCUT2D eigenvalue weighted by molar-refractivity contribution is 0.589. The van der Waals surface area contributed by atoms with Crippen molar-refractivity contribution in [3.63, 3.8) is 0 Å². The molecule has 1 aromatic rings. The highest BCUT2D eigenvalue weighted by Gasteiger charge is 2.13. The molecule has 1 atom stereocenters. The molecular formula is C9H14N2O2S. The molecule has 0 spiro atoms. The van der Waals surface area contributed by atoms with Crippen molar-refractivity contribution < 1.29 is 8.42 Å². The van der Waals surface area contributed by atoms with E-state index in [0.717, 1.165) is 5.56 Å². The third kappa shape index (κ3) is 3.85. The van der Waals surface area contributed by atoms with Gasteiger partial charge in [-0.2, -0.15) is 0 Å². The minimum absolute atomic E-state index is 0.0231. The van der Waals surface area contributed by atoms with Crippen molar-refractivity contribution >= 4 is 9.84 Å². The van der Waals surface area contributed by atoms with Gasteiger partial charge in [-0.05, 0) is 24.6 Å². The summed E-state index contributed by atoms with van der Waals surface area (Å²) in [6.45, 7) is 1.68. The van der Waals surface area contributed by atoms with E-state index >= 15 is 0 Å². The van der Waals surface area contributed by atoms with Gasteiger partial charge in [0.05, 0.1) is 11.5 Å². The maximum Gasteiger partial charge on any atom is 0.155 e. The lowest BCUT2D eigenvalue weighted by atomic mass is 10.3. The van der Waals surface area contributed by atoms with Gasteiger partial charge in [0.25, 0.3) is 0 Å². The summed E-state index contributed by atoms with van der Waals surface area (Å²) in [5.41, 5.74) is 6.19. The van der Waals surface area contributed by atoms with Crippen LogP contribution in [0.25, 0.3) is 0 Å². The van der Waals surface area contributed by atoms with Gasteiger partial charge in [0, 0.05) is 18.4 Å². The molecule has 0 aromatic carbocycles. The number of sulfone groups is 1. The predicted molar refractivity (Wildman–Crippen MR) is 55.4 cm³/mol. The molecule has 5 heteroatoms. The second-order valence-electron chi connectivity index (χ2n) is 3.39. The Morgan fingerprint density at radius 3 is 2.50 bits per heavy atom. The minimum atomic E-state index is -3.09. The van der Waals surface area contributed by atoms with E-state index in [0.29, 0.717) is 0 Å². The number of hydrogen-bond acceptors (Lipinski definition) is 4. The van der Waals surface area contributed by atoms with Gasteiger partial charge < -0.3 is 5.73 Å². The van der Waals surface area contributed by atoms with Gasteiger partial charge in [0.2, 0.25) is 0 Å². The smallest absolute Gasteiger partial charge is 0.155 e. The zero-order chi connectivity index (χ0) is 10.6. The second-order valence-corrected chi connectivity index (χ2v) is 5.50. The highest BCUT2D eigenvalue weighted by molar-refractivity contribution is 7.90. The van der Waals surface area contributed by atoms with Gasteiger partial charge in [-0.1, -0.05) is 0 Å². The molecule has 0 amide bonds. The summed E-state index contributed by atoms with van der Waals surface area (Å²) in [6.07, 6.45) is 3.16. The van der Waals surface area contributed by atoms with Crippen LogP contribution in [0.15, 0.2) is 24.5 Å². The van der Waals surface area contributed by atoms with Crippen molar-refractivity contribution in [1.82, 2.24) is 4.98 Å². The van der Waals surface area contributed by atoms with Crippen LogP contribution in [0.4, 0.5) is 0 Å². The Kier molecular flexibility index (Phi) is 3.60. The molecule has 78 valence electrons. The van der Waals surface area contributed by atoms with E-state index < -0.39 is 9.84 Å². The molecule has 0 saturated heterocycles. The van der Waals surface area contributed by atoms with Crippen molar-refractivity contribution in [1.29, 1.82) is 0 Å². The lowest BCUT2D eigenvalue weighted by Gasteiger charge is -2.06. The quantitative estimate of drug-likeness (QED) is 0.784. The first-order chi connectivity index (χ1) is 6.49. The average molecular weight is 214 g/mol. The van der Waals surface area contributed by atoms with Crippen molar-refractivity contribution in [3.8, 4) is 0 Å². The maximum atomic E-state index is 11.5. The molecule has 0 saturated carbocycles. The molecule has 0 aliphatic rings. The largest absolute Gasteiger partial charge is 0.327 e. The summed E-state index contributed by atoms with van der Waals surface area (Å²) >= 11 is 0. The molecule has 1 aromatic heterocycles. The summed E-state index contributed by atoms with van der Waals surface area (Å²) in [5, 5.41) is 0. The molecule has 0 fully saturated rings. The average Bonchev–Trinajstić information content (AvgIpc) is 2.02. The minimum Gasteiger partial charge on any atom is -0.327 e. The Morgan fingerprint density at radius 1 is 1.43 bits per heavy atom. The van der Waals surface area contributed by atoms with Crippen LogP contribution in [0.1, 0.15) is 12.5 Å². The molecule has 2 N–H and O–H groups in total. The fourth-order valence-electron chi connectivity index (χ4n) is 1.19. The molecule has 0 aliphatic heterocycles. The number of nitrogens with two attached hydrogens (primary N) is 1. The van der Waals surface area contributed by atoms with Crippen LogP contribution < -0.4 is 5.73 Å². The SMILES string of the molecule is CC(N)CS(=O)(=O)Cc1ccncc1. The maximum absolute atomic E-state index is 11.5. The Labute approximate surface area is 84.1 Å². The Balaban J connectivity index is 2.70. The van der Waals surface area contributed by atoms with Crippen LogP contribution in [0, 0.1) is 0 Å². The predicted octanol–water partition coefficient (Wildman–Crippen LogP) is 0.344. The highest BCUT2D eigenvalue weighted by Crippen LogP contribution is 2.05. The first-order valence-corrected chi connectivity index (χ1v) is 6.16. The van der Waals surface area contributed by atoms with Crippen LogP contribution in [0.5, 0.6) is 0 Å². The Bertz CT molecular complexity index is 373. The second kappa shape index (κ2) is 4.52. The molecule has 0 bridgehead atoms. The van der Waals surface area contributed by atoms with Crippen LogP contribution >= 0.6 is 0 Å². The first-order valence-electron chi connectivity index (χ1n) is 4.34. The van der Waals surface area contributed by atoms with Crippen molar-refractivity contribution in [2.45, 2.75) is 18.7 Å². The third-order valence-corrected chi connectivity index (χ3v) is 3.46. The molecule has 0 aliphatic carbocycles. The van der Waals surface area contributed by atoms with E-state index in [9.17, 15) is 8.42 Å². The van der Waals surface area contributed by atoms with E-state index in [2.05, 4.69) is 4.98 Å². The van der Waals surface area contributed by atoms with E-state index in [4.69, 9.17) is 5.73 Å². The van der Waals surface area contributed by atoms with Gasteiger partial charge in [0.1, 0.15) is 0 Å². The standard InChI is InChI=1S/C9H14N2O2S/c1-8(10)6-14(12,13)7-9-2-4-11-5-3-9/h2-5,8H,6-7,10H2,1H3. The molecule has 1 rings (SSSR count). The van der Waals surface area contributed by atoms with E-state index in [1.165, 1.54) is 0 Å². The lowest BCUT2D eigenvalue weighted by Crippen LogP contribution is -2.26. The molecule has 4 nitrogen and oxygen atoms in total. The number of aromatic nitrogens is 1. The van der Waals surface area contributed by atoms with Crippen LogP contribution in [0.2, 0.25) is 0 Å². The Morgan fingerprint density at radius 2 is 2.00 bits per heavy atom. The fourth-order valence-corrected chi connectivity index (χ4v) is 2.81. The summed E-state index contributed by atoms with van der Waals surface area (Å²) in [4.78, 5) is 3.82. The van der Waals surface area contributed by atoms with Gasteiger partial charge in [0.15, 0.2) is 9.84 Å². The normalized spacial score (nSPS) is 13.9. The molecule has 14 heavy (non-hydrogen) atoms. The summed E-state index contributed by atoms with van der Waals surface area (Å²) in [5.74, 6) is 0.0619. The molecular weight excluding hydrogens is 200 g/mol. The van der Waals surface area contributed by atoms with Gasteiger partial charge in [-0.15, -0.1) is 0 Å². The van der Waals surface area contributed by atoms with Crippen LogP contribution in [0.3, 0.4) is 0 Å². The van der Waals surface area contributed by atoms with Crippen molar-refractivity contribution in [3.05, 3.63) is 30.1 Å². The van der Waals surface area contributed by atoms with Crippen LogP contribution in [-0.2, 0) is 15.6 Å². The molecule has 0 radical (unpaired) electrons. The van der Waals surface area contributed by atoms with E-state index in [1.54, 1.807) is 31.5 Å². The number of rotatable bonds is 4. The van der Waals surface area contributed by atoms with Crippen molar-refractivity contribution in [2.75, 3.05) is 5.75 Å². The van der Waals surface area contributed by atoms with Gasteiger partial charge in [-0.25, -0.2) is 8.42 Å². The summed E-state index contributed by atoms with van der Waals surface area (Å²) < 4.78 is 23.0. The summed E-state index contributed by atoms with van der Waals surface area (Å²) in [6, 6.07) is 3.07. The number of pyridine rings is 1. The zero-order valence-electron chi connectivity index (χ0n) is 8.05. The number of nitrogens with zero attached hydrogens (tertiary/aromatic N) is 1. The molecule has 1 unspecified atom stereocenters. The monoisotopic (exact) mass is 214 g/mol. The topological polar surface area (TPSA) is 73.1 Å². The first kappa shape index (κ1) is 11.1. The van der Waals surface area contributed by atoms with Crippen LogP contribution in [-0.4, -0.2) is 25.2 Å². The van der Waals surface area contributed by atoms with Gasteiger partial charge >= 0.3 is 0 Å². The zero-order valence-corrected chi connectivity index (χ0v) is 8.87. The number of hydrogen-bond donors (Lipinski definition) is 1. The van der Waals surface area contributed by atoms with Crippen molar-refractivity contribution in [2.24, 2.45) is 5.73 Å². The molecule has 1 heterocycles. The Hall–Kier alpha value is -0.940. The third-order valence-electron chi connectivity index (χ3n) is 1.65. The highest BCUT2D eigenvalue weighted by atomic mass is 32.2. The van der Waals surface area contributed by atoms with E-state index in [1.807, 2.05) is 0 Å². The fraction of sp³-hybridized carbons (Fsp3) is 0.444. The van der Waals surface area contributed by atoms with Gasteiger partial charge in [-0.3, -0.25) is 4.98 Å².